The molecular weight excluding hydrogens is 724 g/mol. The maximum Gasteiger partial charge on any atom is 2.00 e. The summed E-state index contributed by atoms with van der Waals surface area (Å²) < 4.78 is 10.6. The Morgan fingerprint density at radius 2 is 1.41 bits per heavy atom. The van der Waals surface area contributed by atoms with E-state index in [0.29, 0.717) is 11.5 Å². The van der Waals surface area contributed by atoms with Gasteiger partial charge in [0.1, 0.15) is 5.82 Å². The van der Waals surface area contributed by atoms with Gasteiger partial charge in [0, 0.05) is 39.7 Å². The first-order valence-electron chi connectivity index (χ1n) is 14.9. The van der Waals surface area contributed by atoms with E-state index in [4.69, 9.17) is 14.8 Å². The molecule has 0 unspecified atom stereocenters. The summed E-state index contributed by atoms with van der Waals surface area (Å²) in [4.78, 5) is 4.79. The summed E-state index contributed by atoms with van der Waals surface area (Å²) in [7, 11) is 0. The zero-order valence-electron chi connectivity index (χ0n) is 27.0. The fraction of sp³-hybridized carbons (Fsp3) is 0.316. The minimum atomic E-state index is -0.0915. The van der Waals surface area contributed by atoms with Gasteiger partial charge in [-0.1, -0.05) is 86.0 Å². The Hall–Kier alpha value is -3.69. The van der Waals surface area contributed by atoms with Crippen LogP contribution in [0.2, 0.25) is 0 Å². The number of nitrogens with zero attached hydrogens (tertiary/aromatic N) is 4. The summed E-state index contributed by atoms with van der Waals surface area (Å²) in [6.07, 6.45) is 1.89. The molecule has 0 aliphatic heterocycles. The van der Waals surface area contributed by atoms with E-state index < -0.39 is 0 Å². The Morgan fingerprint density at radius 1 is 0.682 bits per heavy atom. The van der Waals surface area contributed by atoms with Crippen molar-refractivity contribution in [3.8, 4) is 23.0 Å². The van der Waals surface area contributed by atoms with Gasteiger partial charge in [-0.3, -0.25) is 4.68 Å². The molecule has 44 heavy (non-hydrogen) atoms. The van der Waals surface area contributed by atoms with Gasteiger partial charge < -0.3 is 9.30 Å². The number of hydrogen-bond acceptors (Lipinski definition) is 3. The summed E-state index contributed by atoms with van der Waals surface area (Å²) >= 11 is 0. The number of pyridine rings is 1. The van der Waals surface area contributed by atoms with E-state index in [1.807, 2.05) is 35.1 Å². The summed E-state index contributed by atoms with van der Waals surface area (Å²) in [6, 6.07) is 32.0. The van der Waals surface area contributed by atoms with Crippen molar-refractivity contribution in [1.29, 1.82) is 0 Å². The number of aromatic nitrogens is 4. The molecule has 0 N–H and O–H groups in total. The number of rotatable bonds is 4. The molecule has 0 saturated carbocycles. The molecule has 6 rings (SSSR count). The molecule has 5 nitrogen and oxygen atoms in total. The summed E-state index contributed by atoms with van der Waals surface area (Å²) in [5.41, 5.74) is 6.11. The van der Waals surface area contributed by atoms with Crippen molar-refractivity contribution < 1.29 is 25.8 Å². The molecule has 0 bridgehead atoms. The Morgan fingerprint density at radius 3 is 2.11 bits per heavy atom. The van der Waals surface area contributed by atoms with Crippen LogP contribution in [0.5, 0.6) is 11.5 Å². The van der Waals surface area contributed by atoms with Crippen LogP contribution < -0.4 is 4.74 Å². The van der Waals surface area contributed by atoms with E-state index in [-0.39, 0.29) is 37.3 Å². The molecule has 6 heteroatoms. The molecule has 6 aromatic rings. The van der Waals surface area contributed by atoms with Crippen molar-refractivity contribution in [1.82, 2.24) is 19.3 Å². The van der Waals surface area contributed by atoms with Crippen molar-refractivity contribution in [2.75, 3.05) is 0 Å². The first-order chi connectivity index (χ1) is 20.2. The zero-order chi connectivity index (χ0) is 30.7. The van der Waals surface area contributed by atoms with Gasteiger partial charge in [-0.05, 0) is 46.3 Å². The molecule has 0 atom stereocenters. The topological polar surface area (TPSA) is 44.9 Å². The van der Waals surface area contributed by atoms with Gasteiger partial charge in [0.05, 0.1) is 5.69 Å². The predicted octanol–water partition coefficient (Wildman–Crippen LogP) is 9.65. The van der Waals surface area contributed by atoms with Crippen molar-refractivity contribution in [3.05, 3.63) is 108 Å². The third kappa shape index (κ3) is 6.00. The number of para-hydroxylation sites is 1. The third-order valence-electron chi connectivity index (χ3n) is 7.84. The minimum Gasteiger partial charge on any atom is -0.509 e. The normalized spacial score (nSPS) is 12.5. The quantitative estimate of drug-likeness (QED) is 0.168. The van der Waals surface area contributed by atoms with Crippen LogP contribution in [0.4, 0.5) is 0 Å². The third-order valence-corrected chi connectivity index (χ3v) is 7.84. The van der Waals surface area contributed by atoms with Gasteiger partial charge in [-0.15, -0.1) is 35.7 Å². The predicted molar refractivity (Wildman–Crippen MR) is 176 cm³/mol. The van der Waals surface area contributed by atoms with E-state index in [1.54, 1.807) is 0 Å². The smallest absolute Gasteiger partial charge is 0.509 e. The Bertz CT molecular complexity index is 1960. The second kappa shape index (κ2) is 11.3. The number of fused-ring (bicyclic) bond motifs is 3. The van der Waals surface area contributed by atoms with Crippen molar-refractivity contribution in [3.63, 3.8) is 0 Å². The molecule has 228 valence electrons. The number of benzene rings is 3. The minimum absolute atomic E-state index is 0. The zero-order valence-corrected chi connectivity index (χ0v) is 29.3. The van der Waals surface area contributed by atoms with Gasteiger partial charge in [0.25, 0.3) is 0 Å². The number of ether oxygens (including phenoxy) is 1. The van der Waals surface area contributed by atoms with Crippen molar-refractivity contribution in [2.45, 2.75) is 78.6 Å². The Kier molecular flexibility index (Phi) is 8.18. The van der Waals surface area contributed by atoms with E-state index in [9.17, 15) is 0 Å². The van der Waals surface area contributed by atoms with Gasteiger partial charge in [0.2, 0.25) is 0 Å². The van der Waals surface area contributed by atoms with E-state index in [0.717, 1.165) is 44.7 Å². The Labute approximate surface area is 275 Å². The fourth-order valence-electron chi connectivity index (χ4n) is 5.38. The van der Waals surface area contributed by atoms with Gasteiger partial charge in [-0.25, -0.2) is 4.98 Å². The van der Waals surface area contributed by atoms with E-state index in [1.165, 1.54) is 5.56 Å². The second-order valence-corrected chi connectivity index (χ2v) is 14.4. The van der Waals surface area contributed by atoms with Crippen LogP contribution in [-0.4, -0.2) is 19.3 Å². The van der Waals surface area contributed by atoms with Crippen LogP contribution in [-0.2, 0) is 37.3 Å². The van der Waals surface area contributed by atoms with E-state index >= 15 is 0 Å². The average Bonchev–Trinajstić information content (AvgIpc) is 3.54. The molecule has 3 heterocycles. The SMILES string of the molecule is CC(C)(C)c1ccnc(-n2c3[c-]c(Oc4[c-]c(-n5nc(C(C)(C)C)cc5C(C)(C)C)ccc4)ccc3c3ccccc32)c1.[Pt+2]. The Balaban J connectivity index is 0.00000384. The molecule has 0 radical (unpaired) electrons. The molecule has 0 amide bonds. The first kappa shape index (κ1) is 31.7. The maximum absolute atomic E-state index is 6.43. The molecule has 3 aromatic carbocycles. The van der Waals surface area contributed by atoms with Gasteiger partial charge in [-0.2, -0.15) is 17.2 Å². The first-order valence-corrected chi connectivity index (χ1v) is 14.9. The van der Waals surface area contributed by atoms with Crippen LogP contribution >= 0.6 is 0 Å². The number of hydrogen-bond donors (Lipinski definition) is 0. The van der Waals surface area contributed by atoms with E-state index in [2.05, 4.69) is 128 Å². The van der Waals surface area contributed by atoms with Crippen LogP contribution in [0.15, 0.2) is 79.0 Å². The van der Waals surface area contributed by atoms with Crippen LogP contribution in [0.25, 0.3) is 33.3 Å². The fourth-order valence-corrected chi connectivity index (χ4v) is 5.38. The molecule has 0 fully saturated rings. The van der Waals surface area contributed by atoms with Gasteiger partial charge in [0.15, 0.2) is 0 Å². The average molecular weight is 764 g/mol. The summed E-state index contributed by atoms with van der Waals surface area (Å²) in [5.74, 6) is 2.09. The molecule has 0 spiro atoms. The molecule has 3 aromatic heterocycles. The molecule has 0 aliphatic rings. The summed E-state index contributed by atoms with van der Waals surface area (Å²) in [6.45, 7) is 19.9. The molecule has 0 saturated heterocycles. The molecule has 0 aliphatic carbocycles. The summed E-state index contributed by atoms with van der Waals surface area (Å²) in [5, 5.41) is 7.27. The standard InChI is InChI=1S/C38H40N4O.Pt/c1-36(2,3)25-19-20-39-35(21-25)41-31-16-11-10-15-29(31)30-18-17-28(23-32(30)41)43-27-14-12-13-26(22-27)42-34(38(7,8)9)24-33(40-42)37(4,5)6;/h10-21,24H,1-9H3;/q-2;+2. The largest absolute Gasteiger partial charge is 2.00 e. The van der Waals surface area contributed by atoms with Crippen LogP contribution in [0.3, 0.4) is 0 Å². The molecular formula is C38H40N4OPt. The van der Waals surface area contributed by atoms with Crippen molar-refractivity contribution >= 4 is 21.8 Å². The maximum atomic E-state index is 6.43. The monoisotopic (exact) mass is 763 g/mol. The van der Waals surface area contributed by atoms with Crippen molar-refractivity contribution in [2.24, 2.45) is 0 Å². The van der Waals surface area contributed by atoms with Crippen LogP contribution in [0, 0.1) is 12.1 Å². The van der Waals surface area contributed by atoms with Crippen LogP contribution in [0.1, 0.15) is 79.3 Å². The van der Waals surface area contributed by atoms with Gasteiger partial charge >= 0.3 is 21.1 Å². The second-order valence-electron chi connectivity index (χ2n) is 14.4.